The van der Waals surface area contributed by atoms with Crippen molar-refractivity contribution in [2.24, 2.45) is 0 Å². The Morgan fingerprint density at radius 2 is 1.69 bits per heavy atom. The Balaban J connectivity index is 1.72. The van der Waals surface area contributed by atoms with Crippen LogP contribution >= 0.6 is 12.2 Å². The number of Topliss-reactive ketones (excluding diaryl/α,β-unsaturated/α-hetero) is 1. The van der Waals surface area contributed by atoms with Crippen molar-refractivity contribution in [1.82, 2.24) is 10.3 Å². The van der Waals surface area contributed by atoms with Gasteiger partial charge in [-0.2, -0.15) is 0 Å². The van der Waals surface area contributed by atoms with Gasteiger partial charge in [-0.05, 0) is 68.0 Å². The van der Waals surface area contributed by atoms with Crippen LogP contribution in [0, 0.1) is 6.92 Å². The number of benzene rings is 3. The topological polar surface area (TPSA) is 71.1 Å². The van der Waals surface area contributed by atoms with Crippen LogP contribution in [0.2, 0.25) is 0 Å². The Morgan fingerprint density at radius 1 is 0.906 bits per heavy atom. The standard InChI is InChI=1S/C26H21N3O2S/c1-16-7-6-10-20(13-16)27-26(32)29-25(31)22-15-24(18-8-4-3-5-9-18)28-23-12-11-19(17(2)30)14-21(22)23/h3-15H,1-2H3,(H2,27,29,31,32). The zero-order valence-corrected chi connectivity index (χ0v) is 18.5. The first kappa shape index (κ1) is 21.3. The molecule has 0 fully saturated rings. The SMILES string of the molecule is CC(=O)c1ccc2nc(-c3ccccc3)cc(C(=O)NC(=S)Nc3cccc(C)c3)c2c1. The maximum absolute atomic E-state index is 13.2. The lowest BCUT2D eigenvalue weighted by atomic mass is 10.0. The minimum Gasteiger partial charge on any atom is -0.332 e. The fourth-order valence-electron chi connectivity index (χ4n) is 3.45. The molecule has 4 rings (SSSR count). The lowest BCUT2D eigenvalue weighted by molar-refractivity contribution is 0.0976. The highest BCUT2D eigenvalue weighted by Crippen LogP contribution is 2.26. The van der Waals surface area contributed by atoms with Crippen molar-refractivity contribution in [3.63, 3.8) is 0 Å². The zero-order chi connectivity index (χ0) is 22.7. The number of hydrogen-bond acceptors (Lipinski definition) is 4. The molecule has 158 valence electrons. The van der Waals surface area contributed by atoms with Crippen LogP contribution in [0.5, 0.6) is 0 Å². The van der Waals surface area contributed by atoms with Gasteiger partial charge in [-0.15, -0.1) is 0 Å². The van der Waals surface area contributed by atoms with Gasteiger partial charge in [0.05, 0.1) is 16.8 Å². The Bertz CT molecular complexity index is 1350. The third-order valence-corrected chi connectivity index (χ3v) is 5.24. The number of rotatable bonds is 4. The van der Waals surface area contributed by atoms with Crippen molar-refractivity contribution < 1.29 is 9.59 Å². The van der Waals surface area contributed by atoms with Gasteiger partial charge >= 0.3 is 0 Å². The molecule has 1 heterocycles. The summed E-state index contributed by atoms with van der Waals surface area (Å²) in [6, 6.07) is 24.2. The van der Waals surface area contributed by atoms with Gasteiger partial charge in [-0.25, -0.2) is 4.98 Å². The number of carbonyl (C=O) groups is 2. The van der Waals surface area contributed by atoms with Crippen molar-refractivity contribution in [1.29, 1.82) is 0 Å². The number of pyridine rings is 1. The van der Waals surface area contributed by atoms with E-state index in [1.807, 2.05) is 61.5 Å². The van der Waals surface area contributed by atoms with E-state index in [9.17, 15) is 9.59 Å². The number of nitrogens with one attached hydrogen (secondary N) is 2. The fraction of sp³-hybridized carbons (Fsp3) is 0.0769. The van der Waals surface area contributed by atoms with E-state index in [1.165, 1.54) is 6.92 Å². The van der Waals surface area contributed by atoms with E-state index in [4.69, 9.17) is 17.2 Å². The number of nitrogens with zero attached hydrogens (tertiary/aromatic N) is 1. The smallest absolute Gasteiger partial charge is 0.258 e. The summed E-state index contributed by atoms with van der Waals surface area (Å²) in [5.41, 5.74) is 4.95. The Hall–Kier alpha value is -3.90. The molecule has 6 heteroatoms. The second-order valence-corrected chi connectivity index (χ2v) is 7.90. The lowest BCUT2D eigenvalue weighted by Gasteiger charge is -2.13. The molecule has 0 saturated carbocycles. The van der Waals surface area contributed by atoms with Crippen LogP contribution in [0.25, 0.3) is 22.2 Å². The number of fused-ring (bicyclic) bond motifs is 1. The molecule has 0 aliphatic rings. The molecule has 1 aromatic heterocycles. The van der Waals surface area contributed by atoms with Gasteiger partial charge in [0.25, 0.3) is 5.91 Å². The maximum Gasteiger partial charge on any atom is 0.258 e. The maximum atomic E-state index is 13.2. The Morgan fingerprint density at radius 3 is 2.41 bits per heavy atom. The number of thiocarbonyl (C=S) groups is 1. The third kappa shape index (κ3) is 4.71. The zero-order valence-electron chi connectivity index (χ0n) is 17.7. The van der Waals surface area contributed by atoms with Gasteiger partial charge in [0.1, 0.15) is 0 Å². The van der Waals surface area contributed by atoms with E-state index >= 15 is 0 Å². The monoisotopic (exact) mass is 439 g/mol. The summed E-state index contributed by atoms with van der Waals surface area (Å²) in [7, 11) is 0. The average molecular weight is 440 g/mol. The molecule has 1 amide bonds. The highest BCUT2D eigenvalue weighted by Gasteiger charge is 2.16. The number of ketones is 1. The molecular weight excluding hydrogens is 418 g/mol. The van der Waals surface area contributed by atoms with E-state index in [-0.39, 0.29) is 16.8 Å². The van der Waals surface area contributed by atoms with Gasteiger partial charge < -0.3 is 5.32 Å². The number of aryl methyl sites for hydroxylation is 1. The Kier molecular flexibility index (Phi) is 6.05. The minimum absolute atomic E-state index is 0.0815. The van der Waals surface area contributed by atoms with E-state index in [0.717, 1.165) is 16.8 Å². The molecule has 4 aromatic rings. The molecule has 3 aromatic carbocycles. The molecule has 0 aliphatic carbocycles. The predicted molar refractivity (Wildman–Crippen MR) is 132 cm³/mol. The summed E-state index contributed by atoms with van der Waals surface area (Å²) >= 11 is 5.36. The number of aromatic nitrogens is 1. The second-order valence-electron chi connectivity index (χ2n) is 7.49. The number of anilines is 1. The molecule has 32 heavy (non-hydrogen) atoms. The van der Waals surface area contributed by atoms with E-state index in [0.29, 0.717) is 27.7 Å². The first-order valence-corrected chi connectivity index (χ1v) is 10.5. The largest absolute Gasteiger partial charge is 0.332 e. The van der Waals surface area contributed by atoms with Gasteiger partial charge in [-0.1, -0.05) is 42.5 Å². The summed E-state index contributed by atoms with van der Waals surface area (Å²) in [4.78, 5) is 29.9. The molecule has 0 atom stereocenters. The quantitative estimate of drug-likeness (QED) is 0.323. The van der Waals surface area contributed by atoms with Crippen molar-refractivity contribution in [3.8, 4) is 11.3 Å². The molecule has 0 aliphatic heterocycles. The van der Waals surface area contributed by atoms with Gasteiger partial charge in [-0.3, -0.25) is 14.9 Å². The average Bonchev–Trinajstić information content (AvgIpc) is 2.78. The van der Waals surface area contributed by atoms with Gasteiger partial charge in [0.15, 0.2) is 10.9 Å². The Labute approximate surface area is 191 Å². The van der Waals surface area contributed by atoms with Crippen LogP contribution in [-0.4, -0.2) is 21.8 Å². The number of carbonyl (C=O) groups excluding carboxylic acids is 2. The number of amides is 1. The fourth-order valence-corrected chi connectivity index (χ4v) is 3.66. The van der Waals surface area contributed by atoms with E-state index < -0.39 is 0 Å². The molecule has 0 radical (unpaired) electrons. The molecule has 0 spiro atoms. The number of hydrogen-bond donors (Lipinski definition) is 2. The van der Waals surface area contributed by atoms with Crippen LogP contribution in [0.4, 0.5) is 5.69 Å². The molecule has 0 unspecified atom stereocenters. The summed E-state index contributed by atoms with van der Waals surface area (Å²) in [5, 5.41) is 6.57. The summed E-state index contributed by atoms with van der Waals surface area (Å²) in [5.74, 6) is -0.456. The normalized spacial score (nSPS) is 10.6. The van der Waals surface area contributed by atoms with E-state index in [2.05, 4.69) is 10.6 Å². The summed E-state index contributed by atoms with van der Waals surface area (Å²) in [6.45, 7) is 3.47. The summed E-state index contributed by atoms with van der Waals surface area (Å²) < 4.78 is 0. The van der Waals surface area contributed by atoms with Crippen molar-refractivity contribution in [2.75, 3.05) is 5.32 Å². The van der Waals surface area contributed by atoms with Crippen LogP contribution < -0.4 is 10.6 Å². The highest BCUT2D eigenvalue weighted by atomic mass is 32.1. The highest BCUT2D eigenvalue weighted by molar-refractivity contribution is 7.80. The minimum atomic E-state index is -0.375. The van der Waals surface area contributed by atoms with Crippen molar-refractivity contribution >= 4 is 45.6 Å². The first-order valence-electron chi connectivity index (χ1n) is 10.1. The van der Waals surface area contributed by atoms with Crippen LogP contribution in [0.15, 0.2) is 78.9 Å². The van der Waals surface area contributed by atoms with Gasteiger partial charge in [0, 0.05) is 22.2 Å². The molecule has 0 bridgehead atoms. The van der Waals surface area contributed by atoms with Crippen molar-refractivity contribution in [2.45, 2.75) is 13.8 Å². The van der Waals surface area contributed by atoms with Gasteiger partial charge in [0.2, 0.25) is 0 Å². The molecule has 2 N–H and O–H groups in total. The lowest BCUT2D eigenvalue weighted by Crippen LogP contribution is -2.34. The molecule has 0 saturated heterocycles. The first-order chi connectivity index (χ1) is 15.4. The summed E-state index contributed by atoms with van der Waals surface area (Å²) in [6.07, 6.45) is 0. The van der Waals surface area contributed by atoms with Crippen LogP contribution in [-0.2, 0) is 0 Å². The molecular formula is C26H21N3O2S. The third-order valence-electron chi connectivity index (χ3n) is 5.03. The van der Waals surface area contributed by atoms with E-state index in [1.54, 1.807) is 24.3 Å². The predicted octanol–water partition coefficient (Wildman–Crippen LogP) is 5.54. The second kappa shape index (κ2) is 9.08. The van der Waals surface area contributed by atoms with Crippen LogP contribution in [0.1, 0.15) is 33.2 Å². The molecule has 5 nitrogen and oxygen atoms in total. The van der Waals surface area contributed by atoms with Crippen LogP contribution in [0.3, 0.4) is 0 Å². The van der Waals surface area contributed by atoms with Crippen molar-refractivity contribution in [3.05, 3.63) is 95.6 Å².